The number of amides is 1. The van der Waals surface area contributed by atoms with Gasteiger partial charge >= 0.3 is 12.1 Å². The minimum absolute atomic E-state index is 0.0174. The molecule has 0 heterocycles. The average molecular weight is 257 g/mol. The lowest BCUT2D eigenvalue weighted by Crippen LogP contribution is -2.39. The molecule has 0 radical (unpaired) electrons. The fraction of sp³-hybridized carbons (Fsp3) is 0.846. The number of hydrogen-bond donors (Lipinski definition) is 2. The van der Waals surface area contributed by atoms with Gasteiger partial charge in [-0.3, -0.25) is 4.79 Å². The molecule has 1 aliphatic carbocycles. The summed E-state index contributed by atoms with van der Waals surface area (Å²) in [4.78, 5) is 22.6. The Kier molecular flexibility index (Phi) is 4.99. The van der Waals surface area contributed by atoms with E-state index in [9.17, 15) is 9.59 Å². The second-order valence-corrected chi connectivity index (χ2v) is 5.87. The molecule has 18 heavy (non-hydrogen) atoms. The molecule has 0 aromatic carbocycles. The normalized spacial score (nSPS) is 24.4. The van der Waals surface area contributed by atoms with E-state index in [1.54, 1.807) is 20.8 Å². The lowest BCUT2D eigenvalue weighted by molar-refractivity contribution is -0.144. The number of ether oxygens (including phenoxy) is 1. The standard InChI is InChI=1S/C13H23NO4/c1-13(2,3)18-12(17)14-8-9-6-4-5-7-10(9)11(15)16/h9-10H,4-8H2,1-3H3,(H,14,17)(H,15,16)/t9-,10+/m1/s1. The van der Waals surface area contributed by atoms with E-state index >= 15 is 0 Å². The zero-order chi connectivity index (χ0) is 13.8. The molecule has 2 N–H and O–H groups in total. The molecule has 2 atom stereocenters. The number of carboxylic acids is 1. The van der Waals surface area contributed by atoms with Crippen molar-refractivity contribution in [2.45, 2.75) is 52.1 Å². The molecule has 0 aromatic rings. The summed E-state index contributed by atoms with van der Waals surface area (Å²) in [6.45, 7) is 5.78. The fourth-order valence-corrected chi connectivity index (χ4v) is 2.31. The summed E-state index contributed by atoms with van der Waals surface area (Å²) in [5.74, 6) is -1.08. The molecule has 0 saturated heterocycles. The summed E-state index contributed by atoms with van der Waals surface area (Å²) in [6.07, 6.45) is 3.07. The number of nitrogens with one attached hydrogen (secondary N) is 1. The van der Waals surface area contributed by atoms with Crippen LogP contribution in [0.2, 0.25) is 0 Å². The van der Waals surface area contributed by atoms with Crippen LogP contribution in [0.5, 0.6) is 0 Å². The second-order valence-electron chi connectivity index (χ2n) is 5.87. The minimum Gasteiger partial charge on any atom is -0.481 e. The molecule has 1 aliphatic rings. The predicted octanol–water partition coefficient (Wildman–Crippen LogP) is 2.40. The van der Waals surface area contributed by atoms with Crippen LogP contribution in [0.4, 0.5) is 4.79 Å². The van der Waals surface area contributed by atoms with Gasteiger partial charge in [0.2, 0.25) is 0 Å². The largest absolute Gasteiger partial charge is 0.481 e. The molecule has 0 unspecified atom stereocenters. The number of carbonyl (C=O) groups is 2. The van der Waals surface area contributed by atoms with Gasteiger partial charge in [-0.2, -0.15) is 0 Å². The predicted molar refractivity (Wildman–Crippen MR) is 67.3 cm³/mol. The van der Waals surface area contributed by atoms with Crippen molar-refractivity contribution in [3.05, 3.63) is 0 Å². The number of hydrogen-bond acceptors (Lipinski definition) is 3. The van der Waals surface area contributed by atoms with Crippen LogP contribution in [-0.2, 0) is 9.53 Å². The Morgan fingerprint density at radius 3 is 2.44 bits per heavy atom. The van der Waals surface area contributed by atoms with Gasteiger partial charge < -0.3 is 15.2 Å². The van der Waals surface area contributed by atoms with Gasteiger partial charge in [-0.25, -0.2) is 4.79 Å². The third kappa shape index (κ3) is 4.94. The number of carbonyl (C=O) groups excluding carboxylic acids is 1. The van der Waals surface area contributed by atoms with Gasteiger partial charge in [-0.1, -0.05) is 12.8 Å². The zero-order valence-electron chi connectivity index (χ0n) is 11.4. The second kappa shape index (κ2) is 6.07. The van der Waals surface area contributed by atoms with E-state index in [1.165, 1.54) is 0 Å². The summed E-state index contributed by atoms with van der Waals surface area (Å²) >= 11 is 0. The maximum atomic E-state index is 11.5. The van der Waals surface area contributed by atoms with Gasteiger partial charge in [-0.05, 0) is 39.5 Å². The maximum Gasteiger partial charge on any atom is 0.407 e. The molecule has 1 fully saturated rings. The highest BCUT2D eigenvalue weighted by molar-refractivity contribution is 5.71. The molecule has 0 aliphatic heterocycles. The summed E-state index contributed by atoms with van der Waals surface area (Å²) in [5, 5.41) is 11.8. The van der Waals surface area contributed by atoms with E-state index in [-0.39, 0.29) is 11.8 Å². The minimum atomic E-state index is -0.759. The highest BCUT2D eigenvalue weighted by atomic mass is 16.6. The highest BCUT2D eigenvalue weighted by Gasteiger charge is 2.31. The first-order chi connectivity index (χ1) is 8.29. The summed E-state index contributed by atoms with van der Waals surface area (Å²) in [7, 11) is 0. The molecule has 104 valence electrons. The summed E-state index contributed by atoms with van der Waals surface area (Å²) in [6, 6.07) is 0. The first-order valence-corrected chi connectivity index (χ1v) is 6.49. The van der Waals surface area contributed by atoms with Crippen molar-refractivity contribution in [3.63, 3.8) is 0 Å². The highest BCUT2D eigenvalue weighted by Crippen LogP contribution is 2.29. The van der Waals surface area contributed by atoms with Crippen molar-refractivity contribution in [3.8, 4) is 0 Å². The van der Waals surface area contributed by atoms with Crippen LogP contribution in [-0.4, -0.2) is 29.3 Å². The lowest BCUT2D eigenvalue weighted by atomic mass is 9.79. The van der Waals surface area contributed by atoms with Crippen LogP contribution in [0.1, 0.15) is 46.5 Å². The van der Waals surface area contributed by atoms with Crippen molar-refractivity contribution in [1.29, 1.82) is 0 Å². The number of alkyl carbamates (subject to hydrolysis) is 1. The van der Waals surface area contributed by atoms with Crippen molar-refractivity contribution in [1.82, 2.24) is 5.32 Å². The van der Waals surface area contributed by atoms with Gasteiger partial charge in [0.1, 0.15) is 5.60 Å². The quantitative estimate of drug-likeness (QED) is 0.814. The first-order valence-electron chi connectivity index (χ1n) is 6.49. The fourth-order valence-electron chi connectivity index (χ4n) is 2.31. The van der Waals surface area contributed by atoms with Gasteiger partial charge in [0.05, 0.1) is 5.92 Å². The average Bonchev–Trinajstić information content (AvgIpc) is 2.24. The third-order valence-electron chi connectivity index (χ3n) is 3.13. The van der Waals surface area contributed by atoms with E-state index in [2.05, 4.69) is 5.32 Å². The number of rotatable bonds is 3. The van der Waals surface area contributed by atoms with Gasteiger partial charge in [0.25, 0.3) is 0 Å². The van der Waals surface area contributed by atoms with E-state index < -0.39 is 17.7 Å². The molecule has 5 nitrogen and oxygen atoms in total. The van der Waals surface area contributed by atoms with E-state index in [0.717, 1.165) is 19.3 Å². The Hall–Kier alpha value is -1.26. The topological polar surface area (TPSA) is 75.6 Å². The maximum absolute atomic E-state index is 11.5. The molecule has 0 aromatic heterocycles. The zero-order valence-corrected chi connectivity index (χ0v) is 11.4. The lowest BCUT2D eigenvalue weighted by Gasteiger charge is -2.29. The Morgan fingerprint density at radius 2 is 1.89 bits per heavy atom. The van der Waals surface area contributed by atoms with E-state index in [0.29, 0.717) is 13.0 Å². The Balaban J connectivity index is 2.41. The van der Waals surface area contributed by atoms with E-state index in [1.807, 2.05) is 0 Å². The first kappa shape index (κ1) is 14.8. The Bertz CT molecular complexity index is 309. The molecule has 1 rings (SSSR count). The molecule has 1 saturated carbocycles. The molecule has 0 bridgehead atoms. The van der Waals surface area contributed by atoms with Crippen LogP contribution in [0, 0.1) is 11.8 Å². The SMILES string of the molecule is CC(C)(C)OC(=O)NC[C@H]1CCCC[C@@H]1C(=O)O. The Morgan fingerprint density at radius 1 is 1.28 bits per heavy atom. The number of carboxylic acid groups (broad SMARTS) is 1. The van der Waals surface area contributed by atoms with Crippen molar-refractivity contribution >= 4 is 12.1 Å². The van der Waals surface area contributed by atoms with Crippen LogP contribution >= 0.6 is 0 Å². The number of aliphatic carboxylic acids is 1. The summed E-state index contributed by atoms with van der Waals surface area (Å²) < 4.78 is 5.13. The van der Waals surface area contributed by atoms with Crippen LogP contribution in [0.3, 0.4) is 0 Å². The van der Waals surface area contributed by atoms with Crippen LogP contribution in [0.25, 0.3) is 0 Å². The smallest absolute Gasteiger partial charge is 0.407 e. The van der Waals surface area contributed by atoms with Crippen LogP contribution < -0.4 is 5.32 Å². The third-order valence-corrected chi connectivity index (χ3v) is 3.13. The molecule has 5 heteroatoms. The van der Waals surface area contributed by atoms with Gasteiger partial charge in [0, 0.05) is 6.54 Å². The van der Waals surface area contributed by atoms with E-state index in [4.69, 9.17) is 9.84 Å². The van der Waals surface area contributed by atoms with Crippen molar-refractivity contribution < 1.29 is 19.4 Å². The molecular weight excluding hydrogens is 234 g/mol. The molecular formula is C13H23NO4. The summed E-state index contributed by atoms with van der Waals surface area (Å²) in [5.41, 5.74) is -0.525. The molecule has 1 amide bonds. The Labute approximate surface area is 108 Å². The van der Waals surface area contributed by atoms with Crippen molar-refractivity contribution in [2.75, 3.05) is 6.54 Å². The monoisotopic (exact) mass is 257 g/mol. The molecule has 0 spiro atoms. The van der Waals surface area contributed by atoms with Crippen LogP contribution in [0.15, 0.2) is 0 Å². The van der Waals surface area contributed by atoms with Gasteiger partial charge in [0.15, 0.2) is 0 Å². The van der Waals surface area contributed by atoms with Gasteiger partial charge in [-0.15, -0.1) is 0 Å². The van der Waals surface area contributed by atoms with Crippen molar-refractivity contribution in [2.24, 2.45) is 11.8 Å².